The zero-order valence-electron chi connectivity index (χ0n) is 10.0. The van der Waals surface area contributed by atoms with Crippen molar-refractivity contribution in [2.75, 3.05) is 11.9 Å². The van der Waals surface area contributed by atoms with Crippen LogP contribution in [0, 0.1) is 5.92 Å². The lowest BCUT2D eigenvalue weighted by atomic mass is 9.89. The molecule has 18 heavy (non-hydrogen) atoms. The summed E-state index contributed by atoms with van der Waals surface area (Å²) in [6, 6.07) is 0.881. The topological polar surface area (TPSA) is 37.8 Å². The second-order valence-electron chi connectivity index (χ2n) is 4.65. The largest absolute Gasteiger partial charge is 0.433 e. The number of aromatic nitrogens is 2. The van der Waals surface area contributed by atoms with Crippen molar-refractivity contribution in [3.05, 3.63) is 18.0 Å². The molecule has 2 rings (SSSR count). The van der Waals surface area contributed by atoms with E-state index >= 15 is 0 Å². The summed E-state index contributed by atoms with van der Waals surface area (Å²) in [4.78, 5) is 7.30. The molecule has 1 aromatic heterocycles. The van der Waals surface area contributed by atoms with Crippen molar-refractivity contribution in [3.63, 3.8) is 0 Å². The van der Waals surface area contributed by atoms with E-state index in [9.17, 15) is 13.2 Å². The molecule has 0 saturated heterocycles. The van der Waals surface area contributed by atoms with E-state index in [1.807, 2.05) is 0 Å². The van der Waals surface area contributed by atoms with E-state index in [1.54, 1.807) is 0 Å². The first kappa shape index (κ1) is 13.1. The standard InChI is InChI=1S/C12H16F3N3/c13-12(14,15)10-6-7-16-11(18-10)17-8-9-4-2-1-3-5-9/h6-7,9H,1-5,8H2,(H,16,17,18). The van der Waals surface area contributed by atoms with Gasteiger partial charge in [-0.25, -0.2) is 9.97 Å². The van der Waals surface area contributed by atoms with Gasteiger partial charge in [0.25, 0.3) is 0 Å². The van der Waals surface area contributed by atoms with Gasteiger partial charge in [-0.3, -0.25) is 0 Å². The maximum Gasteiger partial charge on any atom is 0.433 e. The van der Waals surface area contributed by atoms with Crippen molar-refractivity contribution in [1.29, 1.82) is 0 Å². The molecule has 1 aliphatic rings. The fourth-order valence-electron chi connectivity index (χ4n) is 2.23. The molecule has 0 spiro atoms. The van der Waals surface area contributed by atoms with Gasteiger partial charge in [-0.05, 0) is 24.8 Å². The summed E-state index contributed by atoms with van der Waals surface area (Å²) >= 11 is 0. The number of hydrogen-bond donors (Lipinski definition) is 1. The monoisotopic (exact) mass is 259 g/mol. The van der Waals surface area contributed by atoms with Gasteiger partial charge in [-0.1, -0.05) is 19.3 Å². The number of nitrogens with zero attached hydrogens (tertiary/aromatic N) is 2. The molecule has 1 N–H and O–H groups in total. The van der Waals surface area contributed by atoms with E-state index in [0.29, 0.717) is 12.5 Å². The van der Waals surface area contributed by atoms with Crippen LogP contribution >= 0.6 is 0 Å². The molecule has 1 heterocycles. The van der Waals surface area contributed by atoms with Crippen LogP contribution in [0.3, 0.4) is 0 Å². The summed E-state index contributed by atoms with van der Waals surface area (Å²) < 4.78 is 37.3. The third-order valence-corrected chi connectivity index (χ3v) is 3.22. The minimum atomic E-state index is -4.41. The van der Waals surface area contributed by atoms with Gasteiger partial charge in [0.1, 0.15) is 5.69 Å². The van der Waals surface area contributed by atoms with Crippen molar-refractivity contribution in [1.82, 2.24) is 9.97 Å². The lowest BCUT2D eigenvalue weighted by molar-refractivity contribution is -0.141. The Bertz CT molecular complexity index is 386. The first-order valence-electron chi connectivity index (χ1n) is 6.20. The highest BCUT2D eigenvalue weighted by Gasteiger charge is 2.32. The van der Waals surface area contributed by atoms with Gasteiger partial charge in [0.2, 0.25) is 5.95 Å². The molecule has 1 aliphatic carbocycles. The second-order valence-corrected chi connectivity index (χ2v) is 4.65. The third-order valence-electron chi connectivity index (χ3n) is 3.22. The Kier molecular flexibility index (Phi) is 4.04. The molecule has 0 atom stereocenters. The predicted octanol–water partition coefficient (Wildman–Crippen LogP) is 3.49. The average Bonchev–Trinajstić information content (AvgIpc) is 2.37. The minimum Gasteiger partial charge on any atom is -0.354 e. The van der Waals surface area contributed by atoms with E-state index in [0.717, 1.165) is 25.1 Å². The quantitative estimate of drug-likeness (QED) is 0.903. The number of halogens is 3. The zero-order chi connectivity index (χ0) is 13.0. The van der Waals surface area contributed by atoms with Crippen LogP contribution in [0.4, 0.5) is 19.1 Å². The first-order chi connectivity index (χ1) is 8.55. The summed E-state index contributed by atoms with van der Waals surface area (Å²) in [6.07, 6.45) is 2.66. The van der Waals surface area contributed by atoms with E-state index in [4.69, 9.17) is 0 Å². The molecule has 0 unspecified atom stereocenters. The molecule has 1 fully saturated rings. The molecule has 3 nitrogen and oxygen atoms in total. The number of rotatable bonds is 3. The van der Waals surface area contributed by atoms with E-state index in [2.05, 4.69) is 15.3 Å². The van der Waals surface area contributed by atoms with Crippen LogP contribution in [0.15, 0.2) is 12.3 Å². The van der Waals surface area contributed by atoms with Crippen LogP contribution in [0.25, 0.3) is 0 Å². The maximum atomic E-state index is 12.4. The van der Waals surface area contributed by atoms with Crippen molar-refractivity contribution in [2.45, 2.75) is 38.3 Å². The Hall–Kier alpha value is -1.33. The Balaban J connectivity index is 1.92. The molecule has 1 aromatic rings. The highest BCUT2D eigenvalue weighted by molar-refractivity contribution is 5.26. The van der Waals surface area contributed by atoms with Crippen LogP contribution in [0.5, 0.6) is 0 Å². The Morgan fingerprint density at radius 2 is 1.94 bits per heavy atom. The average molecular weight is 259 g/mol. The van der Waals surface area contributed by atoms with Crippen molar-refractivity contribution in [3.8, 4) is 0 Å². The minimum absolute atomic E-state index is 0.0652. The predicted molar refractivity (Wildman–Crippen MR) is 62.1 cm³/mol. The number of alkyl halides is 3. The zero-order valence-corrected chi connectivity index (χ0v) is 10.0. The van der Waals surface area contributed by atoms with Crippen LogP contribution in [-0.4, -0.2) is 16.5 Å². The number of nitrogens with one attached hydrogen (secondary N) is 1. The van der Waals surface area contributed by atoms with E-state index in [1.165, 1.54) is 19.3 Å². The van der Waals surface area contributed by atoms with Gasteiger partial charge in [0, 0.05) is 12.7 Å². The lowest BCUT2D eigenvalue weighted by Gasteiger charge is -2.21. The molecular formula is C12H16F3N3. The van der Waals surface area contributed by atoms with E-state index < -0.39 is 11.9 Å². The fourth-order valence-corrected chi connectivity index (χ4v) is 2.23. The fraction of sp³-hybridized carbons (Fsp3) is 0.667. The number of hydrogen-bond acceptors (Lipinski definition) is 3. The van der Waals surface area contributed by atoms with Crippen LogP contribution in [0.1, 0.15) is 37.8 Å². The Labute approximate surface area is 104 Å². The van der Waals surface area contributed by atoms with Crippen molar-refractivity contribution < 1.29 is 13.2 Å². The molecule has 0 radical (unpaired) electrons. The summed E-state index contributed by atoms with van der Waals surface area (Å²) in [7, 11) is 0. The molecule has 6 heteroatoms. The lowest BCUT2D eigenvalue weighted by Crippen LogP contribution is -2.19. The summed E-state index contributed by atoms with van der Waals surface area (Å²) in [5.41, 5.74) is -0.899. The highest BCUT2D eigenvalue weighted by Crippen LogP contribution is 2.28. The Morgan fingerprint density at radius 1 is 1.22 bits per heavy atom. The Morgan fingerprint density at radius 3 is 2.61 bits per heavy atom. The summed E-state index contributed by atoms with van der Waals surface area (Å²) in [5, 5.41) is 2.90. The molecular weight excluding hydrogens is 243 g/mol. The smallest absolute Gasteiger partial charge is 0.354 e. The first-order valence-corrected chi connectivity index (χ1v) is 6.20. The maximum absolute atomic E-state index is 12.4. The normalized spacial score (nSPS) is 17.7. The molecule has 100 valence electrons. The third kappa shape index (κ3) is 3.58. The van der Waals surface area contributed by atoms with Gasteiger partial charge in [-0.15, -0.1) is 0 Å². The van der Waals surface area contributed by atoms with E-state index in [-0.39, 0.29) is 5.95 Å². The van der Waals surface area contributed by atoms with Crippen LogP contribution < -0.4 is 5.32 Å². The molecule has 0 aliphatic heterocycles. The van der Waals surface area contributed by atoms with Crippen LogP contribution in [-0.2, 0) is 6.18 Å². The van der Waals surface area contributed by atoms with Gasteiger partial charge in [0.05, 0.1) is 0 Å². The van der Waals surface area contributed by atoms with Gasteiger partial charge < -0.3 is 5.32 Å². The van der Waals surface area contributed by atoms with Gasteiger partial charge in [0.15, 0.2) is 0 Å². The molecule has 0 bridgehead atoms. The number of anilines is 1. The molecule has 1 saturated carbocycles. The SMILES string of the molecule is FC(F)(F)c1ccnc(NCC2CCCCC2)n1. The van der Waals surface area contributed by atoms with Gasteiger partial charge >= 0.3 is 6.18 Å². The van der Waals surface area contributed by atoms with Crippen molar-refractivity contribution in [2.24, 2.45) is 5.92 Å². The summed E-state index contributed by atoms with van der Waals surface area (Å²) in [6.45, 7) is 0.654. The second kappa shape index (κ2) is 5.54. The molecule has 0 amide bonds. The van der Waals surface area contributed by atoms with Gasteiger partial charge in [-0.2, -0.15) is 13.2 Å². The molecule has 0 aromatic carbocycles. The van der Waals surface area contributed by atoms with Crippen molar-refractivity contribution >= 4 is 5.95 Å². The highest BCUT2D eigenvalue weighted by atomic mass is 19.4. The van der Waals surface area contributed by atoms with Crippen LogP contribution in [0.2, 0.25) is 0 Å². The summed E-state index contributed by atoms with van der Waals surface area (Å²) in [5.74, 6) is 0.590.